The number of aromatic nitrogens is 1. The first-order valence-corrected chi connectivity index (χ1v) is 6.63. The third-order valence-corrected chi connectivity index (χ3v) is 3.63. The number of ether oxygens (including phenoxy) is 1. The summed E-state index contributed by atoms with van der Waals surface area (Å²) in [7, 11) is 0. The number of hydrogen-bond donors (Lipinski definition) is 0. The van der Waals surface area contributed by atoms with Gasteiger partial charge in [-0.3, -0.25) is 4.98 Å². The second kappa shape index (κ2) is 5.24. The summed E-state index contributed by atoms with van der Waals surface area (Å²) in [5, 5.41) is 1.43. The maximum atomic E-state index is 11.8. The molecule has 94 valence electrons. The largest absolute Gasteiger partial charge is 0.462 e. The summed E-state index contributed by atoms with van der Waals surface area (Å²) in [6.45, 7) is 4.02. The van der Waals surface area contributed by atoms with E-state index >= 15 is 0 Å². The number of esters is 1. The van der Waals surface area contributed by atoms with Gasteiger partial charge in [0.1, 0.15) is 0 Å². The summed E-state index contributed by atoms with van der Waals surface area (Å²) in [4.78, 5) is 16.1. The van der Waals surface area contributed by atoms with E-state index < -0.39 is 5.97 Å². The number of hydrogen-bond acceptors (Lipinski definition) is 3. The highest BCUT2D eigenvalue weighted by Crippen LogP contribution is 2.30. The quantitative estimate of drug-likeness (QED) is 0.778. The number of carbonyl (C=O) groups excluding carboxylic acids is 1. The fourth-order valence-electron chi connectivity index (χ4n) is 1.76. The molecule has 0 saturated heterocycles. The number of halogens is 2. The van der Waals surface area contributed by atoms with Gasteiger partial charge in [0, 0.05) is 21.1 Å². The number of aryl methyl sites for hydroxylation is 1. The van der Waals surface area contributed by atoms with Crippen LogP contribution in [0.25, 0.3) is 10.9 Å². The molecular weight excluding hydrogens is 318 g/mol. The van der Waals surface area contributed by atoms with Gasteiger partial charge in [0.05, 0.1) is 17.7 Å². The van der Waals surface area contributed by atoms with Gasteiger partial charge in [0.2, 0.25) is 0 Å². The molecular formula is C13H11BrClNO2. The molecule has 0 fully saturated rings. The average molecular weight is 329 g/mol. The van der Waals surface area contributed by atoms with E-state index in [9.17, 15) is 4.79 Å². The molecule has 18 heavy (non-hydrogen) atoms. The number of carbonyl (C=O) groups is 1. The summed E-state index contributed by atoms with van der Waals surface area (Å²) in [6, 6.07) is 3.62. The zero-order chi connectivity index (χ0) is 13.3. The van der Waals surface area contributed by atoms with Gasteiger partial charge in [0.15, 0.2) is 0 Å². The van der Waals surface area contributed by atoms with Gasteiger partial charge in [-0.15, -0.1) is 0 Å². The van der Waals surface area contributed by atoms with Crippen LogP contribution >= 0.6 is 27.5 Å². The first kappa shape index (κ1) is 13.3. The highest BCUT2D eigenvalue weighted by molar-refractivity contribution is 9.10. The highest BCUT2D eigenvalue weighted by atomic mass is 79.9. The van der Waals surface area contributed by atoms with E-state index in [2.05, 4.69) is 20.9 Å². The summed E-state index contributed by atoms with van der Waals surface area (Å²) >= 11 is 9.45. The summed E-state index contributed by atoms with van der Waals surface area (Å²) < 4.78 is 5.64. The molecule has 0 unspecified atom stereocenters. The Balaban J connectivity index is 2.67. The lowest BCUT2D eigenvalue weighted by atomic mass is 10.1. The molecule has 0 aliphatic rings. The summed E-state index contributed by atoms with van der Waals surface area (Å²) in [5.74, 6) is -0.392. The molecule has 0 spiro atoms. The van der Waals surface area contributed by atoms with Gasteiger partial charge < -0.3 is 4.74 Å². The molecule has 0 saturated carbocycles. The lowest BCUT2D eigenvalue weighted by Gasteiger charge is -2.09. The molecule has 0 N–H and O–H groups in total. The molecule has 3 nitrogen and oxygen atoms in total. The molecule has 0 aliphatic carbocycles. The van der Waals surface area contributed by atoms with Gasteiger partial charge in [-0.2, -0.15) is 0 Å². The lowest BCUT2D eigenvalue weighted by molar-refractivity contribution is 0.0525. The van der Waals surface area contributed by atoms with Crippen molar-refractivity contribution in [3.05, 3.63) is 39.0 Å². The molecule has 1 aromatic heterocycles. The minimum absolute atomic E-state index is 0.331. The minimum atomic E-state index is -0.392. The summed E-state index contributed by atoms with van der Waals surface area (Å²) in [5.41, 5.74) is 2.19. The second-order valence-corrected chi connectivity index (χ2v) is 5.05. The van der Waals surface area contributed by atoms with E-state index in [-0.39, 0.29) is 0 Å². The Kier molecular flexibility index (Phi) is 3.88. The number of benzene rings is 1. The molecule has 0 radical (unpaired) electrons. The predicted octanol–water partition coefficient (Wildman–Crippen LogP) is 4.14. The molecule has 5 heteroatoms. The first-order valence-electron chi connectivity index (χ1n) is 5.46. The van der Waals surface area contributed by atoms with E-state index in [0.29, 0.717) is 21.7 Å². The van der Waals surface area contributed by atoms with Crippen LogP contribution < -0.4 is 0 Å². The zero-order valence-corrected chi connectivity index (χ0v) is 12.3. The average Bonchev–Trinajstić information content (AvgIpc) is 2.30. The van der Waals surface area contributed by atoms with E-state index in [1.54, 1.807) is 13.0 Å². The van der Waals surface area contributed by atoms with Gasteiger partial charge in [-0.25, -0.2) is 4.79 Å². The van der Waals surface area contributed by atoms with E-state index in [4.69, 9.17) is 16.3 Å². The number of rotatable bonds is 2. The van der Waals surface area contributed by atoms with Crippen molar-refractivity contribution in [3.63, 3.8) is 0 Å². The number of fused-ring (bicyclic) bond motifs is 1. The van der Waals surface area contributed by atoms with Crippen molar-refractivity contribution in [3.8, 4) is 0 Å². The van der Waals surface area contributed by atoms with Crippen LogP contribution in [0.3, 0.4) is 0 Å². The second-order valence-electron chi connectivity index (χ2n) is 3.83. The molecule has 0 aliphatic heterocycles. The Morgan fingerprint density at radius 1 is 1.50 bits per heavy atom. The van der Waals surface area contributed by atoms with Crippen LogP contribution in [0.5, 0.6) is 0 Å². The smallest absolute Gasteiger partial charge is 0.340 e. The first-order chi connectivity index (χ1) is 8.54. The fraction of sp³-hybridized carbons (Fsp3) is 0.231. The van der Waals surface area contributed by atoms with Crippen molar-refractivity contribution < 1.29 is 9.53 Å². The molecule has 1 heterocycles. The van der Waals surface area contributed by atoms with Crippen molar-refractivity contribution >= 4 is 44.4 Å². The van der Waals surface area contributed by atoms with Crippen molar-refractivity contribution in [1.29, 1.82) is 0 Å². The van der Waals surface area contributed by atoms with Crippen LogP contribution in [0.1, 0.15) is 22.8 Å². The zero-order valence-electron chi connectivity index (χ0n) is 9.96. The minimum Gasteiger partial charge on any atom is -0.462 e. The normalized spacial score (nSPS) is 10.7. The topological polar surface area (TPSA) is 39.2 Å². The monoisotopic (exact) mass is 327 g/mol. The van der Waals surface area contributed by atoms with E-state index in [1.165, 1.54) is 6.20 Å². The van der Waals surface area contributed by atoms with E-state index in [0.717, 1.165) is 16.5 Å². The van der Waals surface area contributed by atoms with Crippen LogP contribution in [0.4, 0.5) is 0 Å². The Labute approximate surface area is 118 Å². The predicted molar refractivity (Wildman–Crippen MR) is 75.1 cm³/mol. The van der Waals surface area contributed by atoms with Gasteiger partial charge >= 0.3 is 5.97 Å². The van der Waals surface area contributed by atoms with Crippen LogP contribution in [0, 0.1) is 6.92 Å². The Hall–Kier alpha value is -1.13. The molecule has 0 atom stereocenters. The maximum Gasteiger partial charge on any atom is 0.340 e. The SMILES string of the molecule is CCOC(=O)c1cnc2c(C)cc(Cl)cc2c1Br. The highest BCUT2D eigenvalue weighted by Gasteiger charge is 2.15. The molecule has 1 aromatic carbocycles. The molecule has 2 rings (SSSR count). The molecule has 2 aromatic rings. The van der Waals surface area contributed by atoms with E-state index in [1.807, 2.05) is 13.0 Å². The van der Waals surface area contributed by atoms with Crippen LogP contribution in [-0.2, 0) is 4.74 Å². The van der Waals surface area contributed by atoms with Crippen LogP contribution in [0.15, 0.2) is 22.8 Å². The Morgan fingerprint density at radius 2 is 2.22 bits per heavy atom. The third-order valence-electron chi connectivity index (χ3n) is 2.56. The van der Waals surface area contributed by atoms with Gasteiger partial charge in [-0.05, 0) is 47.5 Å². The lowest BCUT2D eigenvalue weighted by Crippen LogP contribution is -2.06. The third kappa shape index (κ3) is 2.35. The maximum absolute atomic E-state index is 11.8. The van der Waals surface area contributed by atoms with Crippen LogP contribution in [-0.4, -0.2) is 17.6 Å². The van der Waals surface area contributed by atoms with Crippen molar-refractivity contribution in [2.45, 2.75) is 13.8 Å². The van der Waals surface area contributed by atoms with Crippen molar-refractivity contribution in [1.82, 2.24) is 4.98 Å². The van der Waals surface area contributed by atoms with Gasteiger partial charge in [-0.1, -0.05) is 11.6 Å². The van der Waals surface area contributed by atoms with Crippen molar-refractivity contribution in [2.75, 3.05) is 6.61 Å². The van der Waals surface area contributed by atoms with Crippen LogP contribution in [0.2, 0.25) is 5.02 Å². The summed E-state index contributed by atoms with van der Waals surface area (Å²) in [6.07, 6.45) is 1.52. The number of nitrogens with zero attached hydrogens (tertiary/aromatic N) is 1. The Morgan fingerprint density at radius 3 is 2.89 bits per heavy atom. The standard InChI is InChI=1S/C13H11BrClNO2/c1-3-18-13(17)10-6-16-12-7(2)4-8(15)5-9(12)11(10)14/h4-6H,3H2,1-2H3. The molecule has 0 bridgehead atoms. The molecule has 0 amide bonds. The Bertz CT molecular complexity index is 628. The number of pyridine rings is 1. The van der Waals surface area contributed by atoms with Gasteiger partial charge in [0.25, 0.3) is 0 Å². The van der Waals surface area contributed by atoms with Crippen molar-refractivity contribution in [2.24, 2.45) is 0 Å². The fourth-order valence-corrected chi connectivity index (χ4v) is 2.60.